The number of aryl methyl sites for hydroxylation is 1. The Morgan fingerprint density at radius 1 is 1.10 bits per heavy atom. The minimum Gasteiger partial charge on any atom is -0.382 e. The Morgan fingerprint density at radius 3 is 2.65 bits per heavy atom. The van der Waals surface area contributed by atoms with Crippen molar-refractivity contribution in [3.8, 4) is 0 Å². The lowest BCUT2D eigenvalue weighted by molar-refractivity contribution is 0.363. The Morgan fingerprint density at radius 2 is 1.90 bits per heavy atom. The molecule has 0 unspecified atom stereocenters. The minimum absolute atomic E-state index is 0.0658. The van der Waals surface area contributed by atoms with E-state index in [1.165, 1.54) is 11.3 Å². The summed E-state index contributed by atoms with van der Waals surface area (Å²) in [5.74, 6) is 0.298. The standard InChI is InChI=1S/C18H20FN/c1-2-13-6-5-7-15(10-13)20-16-11-14(12-16)17-8-3-4-9-18(17)19/h3-10,14,16,20H,2,11-12H2,1H3. The van der Waals surface area contributed by atoms with Gasteiger partial charge in [-0.05, 0) is 54.5 Å². The monoisotopic (exact) mass is 269 g/mol. The van der Waals surface area contributed by atoms with Crippen molar-refractivity contribution in [2.24, 2.45) is 0 Å². The molecule has 0 aliphatic heterocycles. The van der Waals surface area contributed by atoms with E-state index in [0.717, 1.165) is 24.8 Å². The molecule has 1 aliphatic rings. The van der Waals surface area contributed by atoms with Crippen LogP contribution < -0.4 is 5.32 Å². The van der Waals surface area contributed by atoms with Crippen LogP contribution in [0.4, 0.5) is 10.1 Å². The topological polar surface area (TPSA) is 12.0 Å². The molecule has 2 aromatic rings. The van der Waals surface area contributed by atoms with Gasteiger partial charge in [0.05, 0.1) is 0 Å². The van der Waals surface area contributed by atoms with Gasteiger partial charge >= 0.3 is 0 Å². The molecule has 0 aromatic heterocycles. The van der Waals surface area contributed by atoms with Crippen molar-refractivity contribution in [2.45, 2.75) is 38.1 Å². The summed E-state index contributed by atoms with van der Waals surface area (Å²) >= 11 is 0. The van der Waals surface area contributed by atoms with Gasteiger partial charge in [-0.2, -0.15) is 0 Å². The van der Waals surface area contributed by atoms with Gasteiger partial charge in [0.1, 0.15) is 5.82 Å². The second kappa shape index (κ2) is 5.66. The van der Waals surface area contributed by atoms with E-state index in [1.54, 1.807) is 12.1 Å². The van der Waals surface area contributed by atoms with Gasteiger partial charge in [0.25, 0.3) is 0 Å². The quantitative estimate of drug-likeness (QED) is 0.845. The van der Waals surface area contributed by atoms with Gasteiger partial charge in [0, 0.05) is 11.7 Å². The molecule has 0 bridgehead atoms. The maximum Gasteiger partial charge on any atom is 0.126 e. The highest BCUT2D eigenvalue weighted by Gasteiger charge is 2.31. The lowest BCUT2D eigenvalue weighted by Crippen LogP contribution is -2.34. The second-order valence-electron chi connectivity index (χ2n) is 5.59. The fourth-order valence-corrected chi connectivity index (χ4v) is 2.91. The molecule has 20 heavy (non-hydrogen) atoms. The molecule has 3 rings (SSSR count). The van der Waals surface area contributed by atoms with Gasteiger partial charge < -0.3 is 5.32 Å². The number of benzene rings is 2. The fourth-order valence-electron chi connectivity index (χ4n) is 2.91. The van der Waals surface area contributed by atoms with Crippen LogP contribution in [0.5, 0.6) is 0 Å². The van der Waals surface area contributed by atoms with Crippen LogP contribution in [0.2, 0.25) is 0 Å². The van der Waals surface area contributed by atoms with Crippen molar-refractivity contribution in [3.05, 3.63) is 65.5 Å². The smallest absolute Gasteiger partial charge is 0.126 e. The van der Waals surface area contributed by atoms with E-state index in [2.05, 4.69) is 36.5 Å². The van der Waals surface area contributed by atoms with E-state index in [4.69, 9.17) is 0 Å². The molecule has 1 fully saturated rings. The molecule has 0 radical (unpaired) electrons. The van der Waals surface area contributed by atoms with Crippen molar-refractivity contribution >= 4 is 5.69 Å². The van der Waals surface area contributed by atoms with Crippen molar-refractivity contribution < 1.29 is 4.39 Å². The van der Waals surface area contributed by atoms with Gasteiger partial charge in [-0.25, -0.2) is 4.39 Å². The third-order valence-corrected chi connectivity index (χ3v) is 4.19. The number of rotatable bonds is 4. The van der Waals surface area contributed by atoms with Crippen LogP contribution in [0.1, 0.15) is 36.8 Å². The predicted molar refractivity (Wildman–Crippen MR) is 81.6 cm³/mol. The summed E-state index contributed by atoms with van der Waals surface area (Å²) in [6.45, 7) is 2.16. The van der Waals surface area contributed by atoms with Gasteiger partial charge in [-0.3, -0.25) is 0 Å². The highest BCUT2D eigenvalue weighted by atomic mass is 19.1. The van der Waals surface area contributed by atoms with E-state index < -0.39 is 0 Å². The SMILES string of the molecule is CCc1cccc(NC2CC(c3ccccc3F)C2)c1. The average molecular weight is 269 g/mol. The first-order valence-corrected chi connectivity index (χ1v) is 7.36. The average Bonchev–Trinajstić information content (AvgIpc) is 2.44. The normalized spacial score (nSPS) is 21.3. The highest BCUT2D eigenvalue weighted by molar-refractivity contribution is 5.47. The number of hydrogen-bond donors (Lipinski definition) is 1. The Balaban J connectivity index is 1.59. The van der Waals surface area contributed by atoms with Gasteiger partial charge in [0.2, 0.25) is 0 Å². The summed E-state index contributed by atoms with van der Waals surface area (Å²) in [5, 5.41) is 3.55. The maximum absolute atomic E-state index is 13.7. The second-order valence-corrected chi connectivity index (χ2v) is 5.59. The van der Waals surface area contributed by atoms with Crippen molar-refractivity contribution in [3.63, 3.8) is 0 Å². The number of anilines is 1. The third kappa shape index (κ3) is 2.69. The van der Waals surface area contributed by atoms with Crippen LogP contribution in [0.25, 0.3) is 0 Å². The molecule has 0 amide bonds. The van der Waals surface area contributed by atoms with Gasteiger partial charge in [0.15, 0.2) is 0 Å². The summed E-state index contributed by atoms with van der Waals surface area (Å²) in [5.41, 5.74) is 3.40. The first-order valence-electron chi connectivity index (χ1n) is 7.36. The van der Waals surface area contributed by atoms with Gasteiger partial charge in [-0.15, -0.1) is 0 Å². The van der Waals surface area contributed by atoms with Crippen LogP contribution in [0.15, 0.2) is 48.5 Å². The van der Waals surface area contributed by atoms with Crippen LogP contribution in [-0.2, 0) is 6.42 Å². The summed E-state index contributed by atoms with van der Waals surface area (Å²) in [4.78, 5) is 0. The Bertz CT molecular complexity index is 587. The number of nitrogens with one attached hydrogen (secondary N) is 1. The molecule has 2 aromatic carbocycles. The van der Waals surface area contributed by atoms with E-state index in [-0.39, 0.29) is 5.82 Å². The molecule has 104 valence electrons. The molecule has 1 saturated carbocycles. The molecule has 2 heteroatoms. The molecule has 1 N–H and O–H groups in total. The lowest BCUT2D eigenvalue weighted by Gasteiger charge is -2.37. The van der Waals surface area contributed by atoms with Crippen molar-refractivity contribution in [1.82, 2.24) is 0 Å². The molecular formula is C18H20FN. The molecule has 0 heterocycles. The third-order valence-electron chi connectivity index (χ3n) is 4.19. The van der Waals surface area contributed by atoms with E-state index >= 15 is 0 Å². The lowest BCUT2D eigenvalue weighted by atomic mass is 9.75. The van der Waals surface area contributed by atoms with E-state index in [0.29, 0.717) is 12.0 Å². The summed E-state index contributed by atoms with van der Waals surface area (Å²) < 4.78 is 13.7. The van der Waals surface area contributed by atoms with E-state index in [9.17, 15) is 4.39 Å². The fraction of sp³-hybridized carbons (Fsp3) is 0.333. The summed E-state index contributed by atoms with van der Waals surface area (Å²) in [7, 11) is 0. The van der Waals surface area contributed by atoms with Crippen LogP contribution >= 0.6 is 0 Å². The zero-order valence-electron chi connectivity index (χ0n) is 11.8. The van der Waals surface area contributed by atoms with Crippen LogP contribution in [0.3, 0.4) is 0 Å². The molecule has 1 aliphatic carbocycles. The molecule has 1 nitrogen and oxygen atoms in total. The number of hydrogen-bond acceptors (Lipinski definition) is 1. The maximum atomic E-state index is 13.7. The van der Waals surface area contributed by atoms with Crippen LogP contribution in [-0.4, -0.2) is 6.04 Å². The largest absolute Gasteiger partial charge is 0.382 e. The summed E-state index contributed by atoms with van der Waals surface area (Å²) in [6.07, 6.45) is 3.08. The molecule has 0 atom stereocenters. The number of halogens is 1. The Hall–Kier alpha value is -1.83. The predicted octanol–water partition coefficient (Wildman–Crippen LogP) is 4.75. The van der Waals surface area contributed by atoms with Crippen LogP contribution in [0, 0.1) is 5.82 Å². The van der Waals surface area contributed by atoms with Gasteiger partial charge in [-0.1, -0.05) is 37.3 Å². The van der Waals surface area contributed by atoms with Crippen molar-refractivity contribution in [1.29, 1.82) is 0 Å². The zero-order chi connectivity index (χ0) is 13.9. The van der Waals surface area contributed by atoms with Crippen molar-refractivity contribution in [2.75, 3.05) is 5.32 Å². The first kappa shape index (κ1) is 13.2. The Labute approximate surface area is 119 Å². The highest BCUT2D eigenvalue weighted by Crippen LogP contribution is 2.39. The molecule has 0 spiro atoms. The zero-order valence-corrected chi connectivity index (χ0v) is 11.8. The summed E-state index contributed by atoms with van der Waals surface area (Å²) in [6, 6.07) is 16.2. The Kier molecular flexibility index (Phi) is 3.72. The first-order chi connectivity index (χ1) is 9.76. The molecular weight excluding hydrogens is 249 g/mol. The van der Waals surface area contributed by atoms with E-state index in [1.807, 2.05) is 12.1 Å². The molecule has 0 saturated heterocycles. The minimum atomic E-state index is -0.0658.